The van der Waals surface area contributed by atoms with Crippen LogP contribution in [0.25, 0.3) is 0 Å². The van der Waals surface area contributed by atoms with Gasteiger partial charge in [-0.2, -0.15) is 0 Å². The first-order valence-electron chi connectivity index (χ1n) is 7.31. The fourth-order valence-electron chi connectivity index (χ4n) is 1.92. The van der Waals surface area contributed by atoms with E-state index >= 15 is 0 Å². The number of nitrogens with one attached hydrogen (secondary N) is 1. The summed E-state index contributed by atoms with van der Waals surface area (Å²) in [5.74, 6) is -1.50. The van der Waals surface area contributed by atoms with Gasteiger partial charge in [0.25, 0.3) is 5.91 Å². The maximum absolute atomic E-state index is 13.5. The highest BCUT2D eigenvalue weighted by molar-refractivity contribution is 6.02. The second-order valence-corrected chi connectivity index (χ2v) is 5.11. The zero-order valence-corrected chi connectivity index (χ0v) is 13.0. The van der Waals surface area contributed by atoms with Crippen LogP contribution < -0.4 is 10.2 Å². The summed E-state index contributed by atoms with van der Waals surface area (Å²) in [4.78, 5) is 22.2. The van der Waals surface area contributed by atoms with Gasteiger partial charge in [-0.1, -0.05) is 13.3 Å². The van der Waals surface area contributed by atoms with E-state index in [9.17, 15) is 13.6 Å². The molecule has 0 atom stereocenters. The van der Waals surface area contributed by atoms with Crippen LogP contribution in [-0.2, 0) is 0 Å². The highest BCUT2D eigenvalue weighted by Crippen LogP contribution is 2.16. The average Bonchev–Trinajstić information content (AvgIpc) is 2.55. The molecule has 1 amide bonds. The monoisotopic (exact) mass is 320 g/mol. The number of hydrogen-bond donors (Lipinski definition) is 1. The van der Waals surface area contributed by atoms with Crippen molar-refractivity contribution in [2.75, 3.05) is 23.8 Å². The van der Waals surface area contributed by atoms with E-state index in [0.717, 1.165) is 31.5 Å². The number of nitrogens with zero attached hydrogens (tertiary/aromatic N) is 3. The van der Waals surface area contributed by atoms with Crippen molar-refractivity contribution in [3.05, 3.63) is 47.9 Å². The average molecular weight is 320 g/mol. The minimum Gasteiger partial charge on any atom is -0.358 e. The molecule has 0 aliphatic carbocycles. The summed E-state index contributed by atoms with van der Waals surface area (Å²) in [6, 6.07) is 2.92. The predicted molar refractivity (Wildman–Crippen MR) is 84.5 cm³/mol. The third kappa shape index (κ3) is 4.45. The van der Waals surface area contributed by atoms with E-state index in [0.29, 0.717) is 11.9 Å². The Kier molecular flexibility index (Phi) is 5.56. The summed E-state index contributed by atoms with van der Waals surface area (Å²) >= 11 is 0. The quantitative estimate of drug-likeness (QED) is 0.888. The van der Waals surface area contributed by atoms with Crippen molar-refractivity contribution in [1.82, 2.24) is 9.97 Å². The molecule has 0 aliphatic heterocycles. The second-order valence-electron chi connectivity index (χ2n) is 5.11. The highest BCUT2D eigenvalue weighted by atomic mass is 19.1. The maximum atomic E-state index is 13.5. The predicted octanol–water partition coefficient (Wildman–Crippen LogP) is 3.24. The van der Waals surface area contributed by atoms with Gasteiger partial charge in [-0.05, 0) is 18.6 Å². The first-order chi connectivity index (χ1) is 11.0. The van der Waals surface area contributed by atoms with E-state index in [1.165, 1.54) is 12.4 Å². The molecule has 122 valence electrons. The Labute approximate surface area is 133 Å². The summed E-state index contributed by atoms with van der Waals surface area (Å²) in [5.41, 5.74) is -0.0521. The zero-order chi connectivity index (χ0) is 16.8. The number of unbranched alkanes of at least 4 members (excludes halogenated alkanes) is 1. The van der Waals surface area contributed by atoms with Crippen LogP contribution in [0, 0.1) is 11.6 Å². The van der Waals surface area contributed by atoms with Crippen LogP contribution in [0.1, 0.15) is 30.3 Å². The summed E-state index contributed by atoms with van der Waals surface area (Å²) in [6.45, 7) is 2.94. The van der Waals surface area contributed by atoms with Crippen LogP contribution in [0.3, 0.4) is 0 Å². The fraction of sp³-hybridized carbons (Fsp3) is 0.312. The summed E-state index contributed by atoms with van der Waals surface area (Å²) in [6.07, 6.45) is 4.92. The van der Waals surface area contributed by atoms with Gasteiger partial charge in [-0.25, -0.2) is 18.7 Å². The van der Waals surface area contributed by atoms with Crippen molar-refractivity contribution in [2.24, 2.45) is 0 Å². The van der Waals surface area contributed by atoms with E-state index in [1.54, 1.807) is 0 Å². The van der Waals surface area contributed by atoms with Gasteiger partial charge >= 0.3 is 0 Å². The van der Waals surface area contributed by atoms with Crippen LogP contribution in [0.4, 0.5) is 20.3 Å². The van der Waals surface area contributed by atoms with Crippen LogP contribution >= 0.6 is 0 Å². The van der Waals surface area contributed by atoms with E-state index in [2.05, 4.69) is 22.2 Å². The molecular formula is C16H18F2N4O. The molecule has 7 heteroatoms. The van der Waals surface area contributed by atoms with Crippen molar-refractivity contribution >= 4 is 17.4 Å². The number of carbonyl (C=O) groups excluding carboxylic acids is 1. The largest absolute Gasteiger partial charge is 0.358 e. The number of rotatable bonds is 6. The minimum absolute atomic E-state index is 0.0568. The number of anilines is 2. The lowest BCUT2D eigenvalue weighted by Gasteiger charge is -2.17. The van der Waals surface area contributed by atoms with Crippen molar-refractivity contribution in [3.63, 3.8) is 0 Å². The first kappa shape index (κ1) is 16.8. The number of halogens is 2. The van der Waals surface area contributed by atoms with Gasteiger partial charge in [-0.15, -0.1) is 0 Å². The SMILES string of the molecule is CCCCN(C)c1cnc(C(=O)Nc2ccc(F)cc2F)cn1. The molecule has 0 saturated carbocycles. The molecular weight excluding hydrogens is 302 g/mol. The van der Waals surface area contributed by atoms with Gasteiger partial charge in [-0.3, -0.25) is 4.79 Å². The summed E-state index contributed by atoms with van der Waals surface area (Å²) < 4.78 is 26.4. The minimum atomic E-state index is -0.845. The smallest absolute Gasteiger partial charge is 0.275 e. The van der Waals surface area contributed by atoms with Gasteiger partial charge < -0.3 is 10.2 Å². The maximum Gasteiger partial charge on any atom is 0.275 e. The van der Waals surface area contributed by atoms with Gasteiger partial charge in [0.2, 0.25) is 0 Å². The molecule has 1 aromatic carbocycles. The fourth-order valence-corrected chi connectivity index (χ4v) is 1.92. The molecule has 23 heavy (non-hydrogen) atoms. The van der Waals surface area contributed by atoms with Gasteiger partial charge in [0.1, 0.15) is 23.1 Å². The van der Waals surface area contributed by atoms with E-state index in [1.807, 2.05) is 11.9 Å². The first-order valence-corrected chi connectivity index (χ1v) is 7.31. The van der Waals surface area contributed by atoms with Crippen LogP contribution in [0.5, 0.6) is 0 Å². The van der Waals surface area contributed by atoms with Crippen molar-refractivity contribution in [3.8, 4) is 0 Å². The normalized spacial score (nSPS) is 10.4. The Balaban J connectivity index is 2.05. The number of amides is 1. The molecule has 1 N–H and O–H groups in total. The Morgan fingerprint density at radius 2 is 2.04 bits per heavy atom. The van der Waals surface area contributed by atoms with Crippen LogP contribution in [0.2, 0.25) is 0 Å². The third-order valence-electron chi connectivity index (χ3n) is 3.29. The number of hydrogen-bond acceptors (Lipinski definition) is 4. The molecule has 0 unspecified atom stereocenters. The Hall–Kier alpha value is -2.57. The number of carbonyl (C=O) groups is 1. The van der Waals surface area contributed by atoms with Crippen LogP contribution in [0.15, 0.2) is 30.6 Å². The molecule has 0 saturated heterocycles. The lowest BCUT2D eigenvalue weighted by molar-refractivity contribution is 0.102. The Bertz CT molecular complexity index is 676. The lowest BCUT2D eigenvalue weighted by atomic mass is 10.3. The van der Waals surface area contributed by atoms with Gasteiger partial charge in [0.15, 0.2) is 0 Å². The van der Waals surface area contributed by atoms with E-state index < -0.39 is 17.5 Å². The second kappa shape index (κ2) is 7.62. The molecule has 0 fully saturated rings. The topological polar surface area (TPSA) is 58.1 Å². The molecule has 5 nitrogen and oxygen atoms in total. The molecule has 1 aromatic heterocycles. The van der Waals surface area contributed by atoms with Gasteiger partial charge in [0, 0.05) is 19.7 Å². The van der Waals surface area contributed by atoms with E-state index in [4.69, 9.17) is 0 Å². The Morgan fingerprint density at radius 1 is 1.26 bits per heavy atom. The number of benzene rings is 1. The summed E-state index contributed by atoms with van der Waals surface area (Å²) in [7, 11) is 1.90. The van der Waals surface area contributed by atoms with Gasteiger partial charge in [0.05, 0.1) is 18.1 Å². The van der Waals surface area contributed by atoms with Crippen molar-refractivity contribution < 1.29 is 13.6 Å². The van der Waals surface area contributed by atoms with Crippen molar-refractivity contribution in [2.45, 2.75) is 19.8 Å². The summed E-state index contributed by atoms with van der Waals surface area (Å²) in [5, 5.41) is 2.34. The molecule has 1 heterocycles. The van der Waals surface area contributed by atoms with E-state index in [-0.39, 0.29) is 11.4 Å². The third-order valence-corrected chi connectivity index (χ3v) is 3.29. The molecule has 0 spiro atoms. The standard InChI is InChI=1S/C16H18F2N4O/c1-3-4-7-22(2)15-10-19-14(9-20-15)16(23)21-13-6-5-11(17)8-12(13)18/h5-6,8-10H,3-4,7H2,1-2H3,(H,21,23). The molecule has 0 radical (unpaired) electrons. The number of aromatic nitrogens is 2. The molecule has 0 bridgehead atoms. The Morgan fingerprint density at radius 3 is 2.65 bits per heavy atom. The zero-order valence-electron chi connectivity index (χ0n) is 13.0. The molecule has 0 aliphatic rings. The molecule has 2 aromatic rings. The van der Waals surface area contributed by atoms with Crippen molar-refractivity contribution in [1.29, 1.82) is 0 Å². The molecule has 2 rings (SSSR count). The lowest BCUT2D eigenvalue weighted by Crippen LogP contribution is -2.21. The highest BCUT2D eigenvalue weighted by Gasteiger charge is 2.12. The van der Waals surface area contributed by atoms with Crippen LogP contribution in [-0.4, -0.2) is 29.5 Å².